The summed E-state index contributed by atoms with van der Waals surface area (Å²) in [6, 6.07) is 0. The lowest BCUT2D eigenvalue weighted by Gasteiger charge is -1.97. The van der Waals surface area contributed by atoms with Gasteiger partial charge in [-0.05, 0) is 6.08 Å². The Balaban J connectivity index is 2.20. The Labute approximate surface area is 90.1 Å². The van der Waals surface area contributed by atoms with Gasteiger partial charge in [0.05, 0.1) is 0 Å². The Morgan fingerprint density at radius 3 is 2.69 bits per heavy atom. The van der Waals surface area contributed by atoms with Gasteiger partial charge < -0.3 is 5.11 Å². The molecule has 2 aromatic rings. The number of carbonyl (C=O) groups is 1. The van der Waals surface area contributed by atoms with Crippen molar-refractivity contribution in [3.05, 3.63) is 36.7 Å². The molecule has 2 rings (SSSR count). The first-order valence-corrected chi connectivity index (χ1v) is 4.34. The van der Waals surface area contributed by atoms with Crippen LogP contribution in [0.3, 0.4) is 0 Å². The van der Waals surface area contributed by atoms with Gasteiger partial charge in [-0.1, -0.05) is 0 Å². The summed E-state index contributed by atoms with van der Waals surface area (Å²) in [5, 5.41) is 12.3. The van der Waals surface area contributed by atoms with E-state index < -0.39 is 5.97 Å². The van der Waals surface area contributed by atoms with E-state index in [4.69, 9.17) is 5.11 Å². The highest BCUT2D eigenvalue weighted by atomic mass is 16.4. The van der Waals surface area contributed by atoms with E-state index in [1.54, 1.807) is 0 Å². The van der Waals surface area contributed by atoms with E-state index in [0.29, 0.717) is 11.5 Å². The molecule has 0 radical (unpaired) electrons. The predicted molar refractivity (Wildman–Crippen MR) is 53.6 cm³/mol. The van der Waals surface area contributed by atoms with Crippen LogP contribution in [-0.2, 0) is 4.79 Å². The predicted octanol–water partition coefficient (Wildman–Crippen LogP) is 0.155. The average molecular weight is 217 g/mol. The maximum atomic E-state index is 10.3. The summed E-state index contributed by atoms with van der Waals surface area (Å²) in [7, 11) is 0. The molecule has 80 valence electrons. The fourth-order valence-electron chi connectivity index (χ4n) is 1.01. The molecule has 0 unspecified atom stereocenters. The minimum Gasteiger partial charge on any atom is -0.478 e. The minimum atomic E-state index is -1.01. The number of nitrogens with zero attached hydrogens (tertiary/aromatic N) is 5. The van der Waals surface area contributed by atoms with Crippen LogP contribution in [0.4, 0.5) is 0 Å². The van der Waals surface area contributed by atoms with Gasteiger partial charge in [-0.3, -0.25) is 0 Å². The SMILES string of the molecule is O=C(O)/C=C/c1cnc(-n2cncn2)nc1. The summed E-state index contributed by atoms with van der Waals surface area (Å²) in [6.07, 6.45) is 8.29. The number of carboxylic acids is 1. The van der Waals surface area contributed by atoms with Crippen LogP contribution in [0.15, 0.2) is 31.1 Å². The molecule has 7 nitrogen and oxygen atoms in total. The standard InChI is InChI=1S/C9H7N5O2/c15-8(16)2-1-7-3-11-9(12-4-7)14-6-10-5-13-14/h1-6H,(H,15,16)/b2-1+. The largest absolute Gasteiger partial charge is 0.478 e. The maximum Gasteiger partial charge on any atom is 0.328 e. The molecule has 0 amide bonds. The van der Waals surface area contributed by atoms with Crippen molar-refractivity contribution in [2.24, 2.45) is 0 Å². The molecule has 7 heteroatoms. The lowest BCUT2D eigenvalue weighted by Crippen LogP contribution is -2.00. The van der Waals surface area contributed by atoms with Crippen LogP contribution in [0.2, 0.25) is 0 Å². The van der Waals surface area contributed by atoms with Gasteiger partial charge in [-0.2, -0.15) is 9.78 Å². The van der Waals surface area contributed by atoms with Crippen molar-refractivity contribution in [2.75, 3.05) is 0 Å². The molecular weight excluding hydrogens is 210 g/mol. The second-order valence-corrected chi connectivity index (χ2v) is 2.83. The van der Waals surface area contributed by atoms with E-state index in [1.165, 1.54) is 35.8 Å². The van der Waals surface area contributed by atoms with Crippen LogP contribution in [0.1, 0.15) is 5.56 Å². The minimum absolute atomic E-state index is 0.380. The maximum absolute atomic E-state index is 10.3. The highest BCUT2D eigenvalue weighted by molar-refractivity contribution is 5.85. The van der Waals surface area contributed by atoms with Gasteiger partial charge in [-0.15, -0.1) is 0 Å². The quantitative estimate of drug-likeness (QED) is 0.735. The third-order valence-electron chi connectivity index (χ3n) is 1.70. The van der Waals surface area contributed by atoms with Crippen LogP contribution < -0.4 is 0 Å². The van der Waals surface area contributed by atoms with Crippen LogP contribution in [0.5, 0.6) is 0 Å². The summed E-state index contributed by atoms with van der Waals surface area (Å²) < 4.78 is 1.41. The summed E-state index contributed by atoms with van der Waals surface area (Å²) in [6.45, 7) is 0. The molecule has 2 aromatic heterocycles. The summed E-state index contributed by atoms with van der Waals surface area (Å²) in [5.74, 6) is -0.634. The molecule has 0 aromatic carbocycles. The normalized spacial score (nSPS) is 10.8. The van der Waals surface area contributed by atoms with Crippen molar-refractivity contribution in [3.63, 3.8) is 0 Å². The van der Waals surface area contributed by atoms with E-state index >= 15 is 0 Å². The molecule has 0 bridgehead atoms. The molecule has 16 heavy (non-hydrogen) atoms. The van der Waals surface area contributed by atoms with Gasteiger partial charge >= 0.3 is 5.97 Å². The number of rotatable bonds is 3. The van der Waals surface area contributed by atoms with Crippen LogP contribution in [0, 0.1) is 0 Å². The van der Waals surface area contributed by atoms with E-state index in [1.807, 2.05) is 0 Å². The molecule has 0 spiro atoms. The molecule has 0 fully saturated rings. The Morgan fingerprint density at radius 1 is 1.38 bits per heavy atom. The second kappa shape index (κ2) is 4.30. The first-order chi connectivity index (χ1) is 7.75. The lowest BCUT2D eigenvalue weighted by atomic mass is 10.3. The second-order valence-electron chi connectivity index (χ2n) is 2.83. The Morgan fingerprint density at radius 2 is 2.12 bits per heavy atom. The highest BCUT2D eigenvalue weighted by Crippen LogP contribution is 2.01. The van der Waals surface area contributed by atoms with E-state index in [2.05, 4.69) is 20.1 Å². The molecule has 0 aliphatic heterocycles. The number of hydrogen-bond donors (Lipinski definition) is 1. The van der Waals surface area contributed by atoms with Crippen molar-refractivity contribution >= 4 is 12.0 Å². The summed E-state index contributed by atoms with van der Waals surface area (Å²) in [4.78, 5) is 22.0. The summed E-state index contributed by atoms with van der Waals surface area (Å²) in [5.41, 5.74) is 0.603. The molecule has 0 saturated carbocycles. The monoisotopic (exact) mass is 217 g/mol. The third kappa shape index (κ3) is 2.27. The van der Waals surface area contributed by atoms with E-state index in [-0.39, 0.29) is 0 Å². The van der Waals surface area contributed by atoms with E-state index in [9.17, 15) is 4.79 Å². The zero-order valence-electron chi connectivity index (χ0n) is 8.06. The molecule has 0 saturated heterocycles. The Kier molecular flexibility index (Phi) is 2.68. The molecular formula is C9H7N5O2. The first kappa shape index (κ1) is 9.97. The van der Waals surface area contributed by atoms with E-state index in [0.717, 1.165) is 6.08 Å². The van der Waals surface area contributed by atoms with Gasteiger partial charge in [0.25, 0.3) is 5.95 Å². The van der Waals surface area contributed by atoms with Crippen molar-refractivity contribution in [3.8, 4) is 5.95 Å². The zero-order chi connectivity index (χ0) is 11.4. The fraction of sp³-hybridized carbons (Fsp3) is 0. The average Bonchev–Trinajstić information content (AvgIpc) is 2.80. The van der Waals surface area contributed by atoms with Crippen molar-refractivity contribution in [1.82, 2.24) is 24.7 Å². The van der Waals surface area contributed by atoms with Crippen LogP contribution in [-0.4, -0.2) is 35.8 Å². The Bertz CT molecular complexity index is 503. The van der Waals surface area contributed by atoms with Crippen molar-refractivity contribution in [1.29, 1.82) is 0 Å². The van der Waals surface area contributed by atoms with Gasteiger partial charge in [0.2, 0.25) is 0 Å². The smallest absolute Gasteiger partial charge is 0.328 e. The van der Waals surface area contributed by atoms with Crippen LogP contribution >= 0.6 is 0 Å². The zero-order valence-corrected chi connectivity index (χ0v) is 8.06. The molecule has 1 N–H and O–H groups in total. The van der Waals surface area contributed by atoms with Crippen molar-refractivity contribution < 1.29 is 9.90 Å². The molecule has 0 atom stereocenters. The fourth-order valence-corrected chi connectivity index (χ4v) is 1.01. The molecule has 0 aliphatic carbocycles. The number of hydrogen-bond acceptors (Lipinski definition) is 5. The highest BCUT2D eigenvalue weighted by Gasteiger charge is 1.99. The number of aliphatic carboxylic acids is 1. The van der Waals surface area contributed by atoms with Gasteiger partial charge in [0, 0.05) is 24.0 Å². The first-order valence-electron chi connectivity index (χ1n) is 4.34. The summed E-state index contributed by atoms with van der Waals surface area (Å²) >= 11 is 0. The third-order valence-corrected chi connectivity index (χ3v) is 1.70. The van der Waals surface area contributed by atoms with Crippen LogP contribution in [0.25, 0.3) is 12.0 Å². The van der Waals surface area contributed by atoms with Gasteiger partial charge in [0.1, 0.15) is 12.7 Å². The lowest BCUT2D eigenvalue weighted by molar-refractivity contribution is -0.131. The van der Waals surface area contributed by atoms with Crippen molar-refractivity contribution in [2.45, 2.75) is 0 Å². The molecule has 0 aliphatic rings. The number of aromatic nitrogens is 5. The van der Waals surface area contributed by atoms with Gasteiger partial charge in [-0.25, -0.2) is 19.7 Å². The Hall–Kier alpha value is -2.57. The molecule has 2 heterocycles. The van der Waals surface area contributed by atoms with Gasteiger partial charge in [0.15, 0.2) is 0 Å². The number of carboxylic acid groups (broad SMARTS) is 1. The topological polar surface area (TPSA) is 93.8 Å².